The molecule has 0 aliphatic rings. The van der Waals surface area contributed by atoms with Gasteiger partial charge < -0.3 is 20.1 Å². The molecular weight excluding hydrogens is 461 g/mol. The fourth-order valence-corrected chi connectivity index (χ4v) is 3.57. The van der Waals surface area contributed by atoms with Gasteiger partial charge in [-0.25, -0.2) is 9.97 Å². The highest BCUT2D eigenvalue weighted by Gasteiger charge is 2.51. The topological polar surface area (TPSA) is 112 Å². The maximum absolute atomic E-state index is 13.2. The standard InChI is InChI=1S/C24H25F3N6O2/c1-13(2)33-11-16(20-21(28)29-12-30-22(20)33)15-7-5-14(6-8-15)9-19(34)31-18-10-17(35-32-18)23(3,4)24(25,26)27/h5-8,10-13H,9H2,1-4H3,(H2,28,29,30)(H,31,32,34)/i1D3. The second-order valence-electron chi connectivity index (χ2n) is 8.70. The molecule has 0 saturated carbocycles. The summed E-state index contributed by atoms with van der Waals surface area (Å²) in [4.78, 5) is 20.8. The Bertz CT molecular complexity index is 1480. The predicted molar refractivity (Wildman–Crippen MR) is 126 cm³/mol. The van der Waals surface area contributed by atoms with Gasteiger partial charge in [-0.1, -0.05) is 29.4 Å². The summed E-state index contributed by atoms with van der Waals surface area (Å²) in [6, 6.07) is 7.08. The lowest BCUT2D eigenvalue weighted by molar-refractivity contribution is -0.185. The molecule has 0 aliphatic carbocycles. The molecule has 1 amide bonds. The zero-order chi connectivity index (χ0) is 28.0. The van der Waals surface area contributed by atoms with Crippen LogP contribution >= 0.6 is 0 Å². The minimum Gasteiger partial charge on any atom is -0.383 e. The highest BCUT2D eigenvalue weighted by atomic mass is 19.4. The number of hydrogen-bond donors (Lipinski definition) is 2. The molecule has 1 unspecified atom stereocenters. The summed E-state index contributed by atoms with van der Waals surface area (Å²) in [5, 5.41) is 6.48. The SMILES string of the molecule is [2H]C([2H])([2H])C(C)n1cc(-c2ccc(CC(=O)Nc3cc(C(C)(C)C(F)(F)F)on3)cc2)c2c(N)ncnc21. The number of halogens is 3. The van der Waals surface area contributed by atoms with E-state index in [-0.39, 0.29) is 18.1 Å². The number of benzene rings is 1. The van der Waals surface area contributed by atoms with Gasteiger partial charge in [-0.2, -0.15) is 13.2 Å². The van der Waals surface area contributed by atoms with E-state index >= 15 is 0 Å². The van der Waals surface area contributed by atoms with E-state index in [0.717, 1.165) is 19.9 Å². The first-order valence-corrected chi connectivity index (χ1v) is 10.6. The largest absolute Gasteiger partial charge is 0.401 e. The van der Waals surface area contributed by atoms with E-state index in [1.165, 1.54) is 6.33 Å². The molecule has 3 N–H and O–H groups in total. The number of hydrogen-bond acceptors (Lipinski definition) is 6. The molecule has 0 spiro atoms. The van der Waals surface area contributed by atoms with E-state index in [0.29, 0.717) is 27.7 Å². The monoisotopic (exact) mass is 489 g/mol. The minimum atomic E-state index is -4.55. The molecule has 4 aromatic rings. The molecule has 184 valence electrons. The molecule has 0 radical (unpaired) electrons. The number of aromatic nitrogens is 4. The Balaban J connectivity index is 1.53. The number of nitrogens with two attached hydrogens (primary N) is 1. The van der Waals surface area contributed by atoms with Gasteiger partial charge in [-0.15, -0.1) is 0 Å². The van der Waals surface area contributed by atoms with Crippen molar-refractivity contribution >= 4 is 28.6 Å². The van der Waals surface area contributed by atoms with Crippen molar-refractivity contribution in [2.75, 3.05) is 11.1 Å². The lowest BCUT2D eigenvalue weighted by Gasteiger charge is -2.24. The van der Waals surface area contributed by atoms with E-state index in [1.54, 1.807) is 42.0 Å². The molecule has 35 heavy (non-hydrogen) atoms. The van der Waals surface area contributed by atoms with Crippen LogP contribution in [-0.2, 0) is 16.6 Å². The lowest BCUT2D eigenvalue weighted by atomic mass is 9.89. The third-order valence-electron chi connectivity index (χ3n) is 5.79. The molecule has 1 atom stereocenters. The minimum absolute atomic E-state index is 0.0752. The number of nitrogens with zero attached hydrogens (tertiary/aromatic N) is 4. The van der Waals surface area contributed by atoms with Gasteiger partial charge in [0.25, 0.3) is 0 Å². The summed E-state index contributed by atoms with van der Waals surface area (Å²) in [6.45, 7) is 1.22. The normalized spacial score (nSPS) is 14.9. The number of rotatable bonds is 6. The fourth-order valence-electron chi connectivity index (χ4n) is 3.57. The number of amides is 1. The lowest BCUT2D eigenvalue weighted by Crippen LogP contribution is -2.35. The van der Waals surface area contributed by atoms with E-state index in [9.17, 15) is 18.0 Å². The summed E-state index contributed by atoms with van der Waals surface area (Å²) >= 11 is 0. The second kappa shape index (κ2) is 8.71. The zero-order valence-electron chi connectivity index (χ0n) is 22.1. The highest BCUT2D eigenvalue weighted by molar-refractivity contribution is 6.00. The van der Waals surface area contributed by atoms with E-state index in [2.05, 4.69) is 20.4 Å². The van der Waals surface area contributed by atoms with Crippen molar-refractivity contribution < 1.29 is 26.6 Å². The molecule has 4 rings (SSSR count). The van der Waals surface area contributed by atoms with E-state index < -0.39 is 36.2 Å². The molecule has 0 bridgehead atoms. The fraction of sp³-hybridized carbons (Fsp3) is 0.333. The van der Waals surface area contributed by atoms with Gasteiger partial charge in [-0.05, 0) is 38.8 Å². The van der Waals surface area contributed by atoms with Crippen molar-refractivity contribution in [2.45, 2.75) is 51.7 Å². The first kappa shape index (κ1) is 20.5. The van der Waals surface area contributed by atoms with Gasteiger partial charge in [0.05, 0.1) is 11.8 Å². The third-order valence-corrected chi connectivity index (χ3v) is 5.79. The summed E-state index contributed by atoms with van der Waals surface area (Å²) in [7, 11) is 0. The van der Waals surface area contributed by atoms with Gasteiger partial charge in [0, 0.05) is 28.0 Å². The van der Waals surface area contributed by atoms with Crippen molar-refractivity contribution in [3.63, 3.8) is 0 Å². The summed E-state index contributed by atoms with van der Waals surface area (Å²) in [6.07, 6.45) is -1.69. The Morgan fingerprint density at radius 2 is 1.97 bits per heavy atom. The maximum Gasteiger partial charge on any atom is 0.401 e. The Hall–Kier alpha value is -3.89. The van der Waals surface area contributed by atoms with Crippen molar-refractivity contribution in [3.8, 4) is 11.1 Å². The van der Waals surface area contributed by atoms with Gasteiger partial charge in [0.15, 0.2) is 11.6 Å². The molecule has 1 aromatic carbocycles. The van der Waals surface area contributed by atoms with Crippen LogP contribution in [0.25, 0.3) is 22.2 Å². The summed E-state index contributed by atoms with van der Waals surface area (Å²) < 4.78 is 69.4. The van der Waals surface area contributed by atoms with Crippen LogP contribution in [-0.4, -0.2) is 31.8 Å². The maximum atomic E-state index is 13.2. The van der Waals surface area contributed by atoms with Crippen LogP contribution in [0.1, 0.15) is 49.1 Å². The van der Waals surface area contributed by atoms with Crippen molar-refractivity contribution in [1.29, 1.82) is 0 Å². The van der Waals surface area contributed by atoms with Crippen LogP contribution in [0.5, 0.6) is 0 Å². The van der Waals surface area contributed by atoms with Gasteiger partial charge in [0.1, 0.15) is 23.2 Å². The number of carbonyl (C=O) groups excluding carboxylic acids is 1. The zero-order valence-corrected chi connectivity index (χ0v) is 19.1. The summed E-state index contributed by atoms with van der Waals surface area (Å²) in [5.41, 5.74) is 6.18. The van der Waals surface area contributed by atoms with Crippen LogP contribution in [0.2, 0.25) is 0 Å². The highest BCUT2D eigenvalue weighted by Crippen LogP contribution is 2.41. The molecule has 0 fully saturated rings. The first-order valence-electron chi connectivity index (χ1n) is 12.1. The Morgan fingerprint density at radius 1 is 1.26 bits per heavy atom. The van der Waals surface area contributed by atoms with Crippen LogP contribution in [0, 0.1) is 0 Å². The Kier molecular flexibility index (Phi) is 5.10. The van der Waals surface area contributed by atoms with Crippen molar-refractivity contribution in [3.05, 3.63) is 54.2 Å². The predicted octanol–water partition coefficient (Wildman–Crippen LogP) is 5.27. The smallest absolute Gasteiger partial charge is 0.383 e. The van der Waals surface area contributed by atoms with Crippen molar-refractivity contribution in [1.82, 2.24) is 19.7 Å². The number of fused-ring (bicyclic) bond motifs is 1. The average molecular weight is 490 g/mol. The Labute approximate surface area is 203 Å². The molecular formula is C24H25F3N6O2. The molecule has 0 saturated heterocycles. The molecule has 3 aromatic heterocycles. The quantitative estimate of drug-likeness (QED) is 0.382. The molecule has 3 heterocycles. The number of nitrogens with one attached hydrogen (secondary N) is 1. The number of nitrogen functional groups attached to an aromatic ring is 1. The molecule has 8 nitrogen and oxygen atoms in total. The average Bonchev–Trinajstić information content (AvgIpc) is 3.44. The van der Waals surface area contributed by atoms with Gasteiger partial charge in [0.2, 0.25) is 5.91 Å². The number of anilines is 2. The third kappa shape index (κ3) is 4.58. The van der Waals surface area contributed by atoms with Crippen LogP contribution in [0.4, 0.5) is 24.8 Å². The van der Waals surface area contributed by atoms with E-state index in [1.807, 2.05) is 0 Å². The second-order valence-corrected chi connectivity index (χ2v) is 8.70. The van der Waals surface area contributed by atoms with E-state index in [4.69, 9.17) is 14.4 Å². The molecule has 11 heteroatoms. The molecule has 0 aliphatic heterocycles. The first-order chi connectivity index (χ1) is 17.6. The number of alkyl halides is 3. The van der Waals surface area contributed by atoms with Crippen molar-refractivity contribution in [2.24, 2.45) is 0 Å². The van der Waals surface area contributed by atoms with Gasteiger partial charge >= 0.3 is 6.18 Å². The Morgan fingerprint density at radius 3 is 2.63 bits per heavy atom. The summed E-state index contributed by atoms with van der Waals surface area (Å²) in [5.74, 6) is -0.834. The van der Waals surface area contributed by atoms with Crippen LogP contribution in [0.3, 0.4) is 0 Å². The van der Waals surface area contributed by atoms with Crippen LogP contribution in [0.15, 0.2) is 47.4 Å². The van der Waals surface area contributed by atoms with Gasteiger partial charge in [-0.3, -0.25) is 4.79 Å². The number of carbonyl (C=O) groups is 1. The van der Waals surface area contributed by atoms with Crippen LogP contribution < -0.4 is 11.1 Å².